The van der Waals surface area contributed by atoms with Gasteiger partial charge in [0.1, 0.15) is 33.7 Å². The first-order valence-corrected chi connectivity index (χ1v) is 23.2. The standard InChI is InChI=1S/C18H16N4O2.C17H15N5O2.C9H8N4.C5H4BrN.C4H5N3.CH4/c1-24-18(23)15-7-5-14(6-8-15)13-22(16-4-2-3-9-20-16)17-12-19-10-11-21-17;23-17(21-24)14-6-4-13(5-7-14)12-22(15-3-1-2-8-19-15)16-11-18-9-10-20-16;1-2-4-11-8(3-1)13-9-7-10-5-6-12-9;6-5-3-1-2-4-7-5;5-4-3-6-1-2-7-4;/h2-12H,13H2,1H3;1-11,24H,12H2,(H,21,23);1-7H,(H,11,12,13);1-4H;1-3H,(H2,5,7);1H4. The molecular formula is C54H52BrN17O4. The van der Waals surface area contributed by atoms with Crippen molar-refractivity contribution in [3.63, 3.8) is 0 Å². The normalized spacial score (nSPS) is 9.67. The highest BCUT2D eigenvalue weighted by atomic mass is 79.9. The van der Waals surface area contributed by atoms with Gasteiger partial charge in [-0.1, -0.05) is 56.0 Å². The molecule has 21 nitrogen and oxygen atoms in total. The second-order valence-corrected chi connectivity index (χ2v) is 15.5. The molecule has 8 heterocycles. The van der Waals surface area contributed by atoms with Gasteiger partial charge in [-0.2, -0.15) is 0 Å². The minimum atomic E-state index is -0.544. The van der Waals surface area contributed by atoms with E-state index < -0.39 is 5.91 Å². The number of amides is 1. The van der Waals surface area contributed by atoms with Crippen LogP contribution in [0.25, 0.3) is 0 Å². The van der Waals surface area contributed by atoms with Gasteiger partial charge in [0.25, 0.3) is 5.91 Å². The van der Waals surface area contributed by atoms with E-state index in [0.717, 1.165) is 33.2 Å². The SMILES string of the molecule is Brc1ccccn1.C.COC(=O)c1ccc(CN(c2ccccn2)c2cnccn2)cc1.Nc1cnccn1.O=C(NO)c1ccc(CN(c2ccccn2)c2cnccn2)cc1.c1ccc(Nc2cnccn2)nc1. The van der Waals surface area contributed by atoms with E-state index in [9.17, 15) is 9.59 Å². The molecule has 0 saturated carbocycles. The fourth-order valence-electron chi connectivity index (χ4n) is 6.09. The number of hydroxylamine groups is 1. The molecule has 0 saturated heterocycles. The predicted octanol–water partition coefficient (Wildman–Crippen LogP) is 9.48. The number of nitrogens with zero attached hydrogens (tertiary/aromatic N) is 14. The molecule has 1 amide bonds. The molecule has 0 fully saturated rings. The highest BCUT2D eigenvalue weighted by Crippen LogP contribution is 2.25. The van der Waals surface area contributed by atoms with Crippen molar-refractivity contribution in [2.45, 2.75) is 20.5 Å². The Labute approximate surface area is 447 Å². The minimum Gasteiger partial charge on any atom is -0.465 e. The fraction of sp³-hybridized carbons (Fsp3) is 0.0741. The number of rotatable bonds is 12. The van der Waals surface area contributed by atoms with Crippen molar-refractivity contribution in [1.82, 2.24) is 65.3 Å². The Balaban J connectivity index is 0.000000190. The maximum absolute atomic E-state index is 11.5. The molecule has 0 unspecified atom stereocenters. The van der Waals surface area contributed by atoms with Gasteiger partial charge >= 0.3 is 5.97 Å². The minimum absolute atomic E-state index is 0. The molecule has 0 aliphatic carbocycles. The number of pyridine rings is 4. The summed E-state index contributed by atoms with van der Waals surface area (Å²) in [4.78, 5) is 75.9. The maximum atomic E-state index is 11.5. The maximum Gasteiger partial charge on any atom is 0.337 e. The third-order valence-corrected chi connectivity index (χ3v) is 10.0. The van der Waals surface area contributed by atoms with Crippen molar-refractivity contribution < 1.29 is 19.5 Å². The smallest absolute Gasteiger partial charge is 0.337 e. The highest BCUT2D eigenvalue weighted by Gasteiger charge is 2.15. The number of benzene rings is 2. The Morgan fingerprint density at radius 1 is 0.500 bits per heavy atom. The van der Waals surface area contributed by atoms with Crippen LogP contribution in [0.3, 0.4) is 0 Å². The van der Waals surface area contributed by atoms with Crippen molar-refractivity contribution in [1.29, 1.82) is 0 Å². The summed E-state index contributed by atoms with van der Waals surface area (Å²) in [5.41, 5.74) is 9.67. The van der Waals surface area contributed by atoms with Gasteiger partial charge in [-0.15, -0.1) is 0 Å². The number of hydrogen-bond acceptors (Lipinski definition) is 20. The van der Waals surface area contributed by atoms with E-state index in [1.54, 1.807) is 123 Å². The first kappa shape index (κ1) is 56.8. The zero-order valence-corrected chi connectivity index (χ0v) is 41.7. The molecule has 0 aliphatic rings. The van der Waals surface area contributed by atoms with Crippen molar-refractivity contribution in [3.8, 4) is 0 Å². The molecule has 10 aromatic rings. The molecule has 384 valence electrons. The summed E-state index contributed by atoms with van der Waals surface area (Å²) in [7, 11) is 1.37. The Morgan fingerprint density at radius 3 is 1.30 bits per heavy atom. The second-order valence-electron chi connectivity index (χ2n) is 14.7. The van der Waals surface area contributed by atoms with E-state index in [-0.39, 0.29) is 13.4 Å². The Kier molecular flexibility index (Phi) is 24.0. The first-order chi connectivity index (χ1) is 36.8. The van der Waals surface area contributed by atoms with E-state index in [1.165, 1.54) is 13.3 Å². The molecule has 10 rings (SSSR count). The van der Waals surface area contributed by atoms with E-state index >= 15 is 0 Å². The zero-order chi connectivity index (χ0) is 52.7. The van der Waals surface area contributed by atoms with Crippen LogP contribution < -0.4 is 26.3 Å². The molecule has 8 aromatic heterocycles. The van der Waals surface area contributed by atoms with Crippen LogP contribution in [0, 0.1) is 0 Å². The number of hydrogen-bond donors (Lipinski definition) is 4. The van der Waals surface area contributed by atoms with Crippen LogP contribution >= 0.6 is 15.9 Å². The lowest BCUT2D eigenvalue weighted by molar-refractivity contribution is 0.0600. The molecule has 76 heavy (non-hydrogen) atoms. The largest absolute Gasteiger partial charge is 0.465 e. The Bertz CT molecular complexity index is 2850. The van der Waals surface area contributed by atoms with E-state index in [1.807, 2.05) is 107 Å². The molecule has 0 aliphatic heterocycles. The number of aromatic nitrogens is 12. The van der Waals surface area contributed by atoms with E-state index in [0.29, 0.717) is 47.5 Å². The van der Waals surface area contributed by atoms with Gasteiger partial charge in [-0.05, 0) is 99.9 Å². The number of nitrogens with one attached hydrogen (secondary N) is 2. The quantitative estimate of drug-likeness (QED) is 0.0383. The van der Waals surface area contributed by atoms with Crippen LogP contribution in [-0.2, 0) is 17.8 Å². The summed E-state index contributed by atoms with van der Waals surface area (Å²) in [5.74, 6) is 3.92. The Morgan fingerprint density at radius 2 is 0.947 bits per heavy atom. The summed E-state index contributed by atoms with van der Waals surface area (Å²) < 4.78 is 5.60. The van der Waals surface area contributed by atoms with Gasteiger partial charge in [-0.25, -0.2) is 50.1 Å². The van der Waals surface area contributed by atoms with Gasteiger partial charge < -0.3 is 25.6 Å². The third kappa shape index (κ3) is 19.5. The number of ether oxygens (including phenoxy) is 1. The van der Waals surface area contributed by atoms with Crippen LogP contribution in [0.4, 0.5) is 40.7 Å². The van der Waals surface area contributed by atoms with Crippen LogP contribution in [0.5, 0.6) is 0 Å². The summed E-state index contributed by atoms with van der Waals surface area (Å²) in [6, 6.07) is 36.9. The number of anilines is 7. The van der Waals surface area contributed by atoms with Gasteiger partial charge in [0.2, 0.25) is 0 Å². The second kappa shape index (κ2) is 32.1. The molecule has 22 heteroatoms. The molecule has 0 atom stereocenters. The summed E-state index contributed by atoms with van der Waals surface area (Å²) in [6.45, 7) is 1.06. The van der Waals surface area contributed by atoms with Crippen molar-refractivity contribution in [2.75, 3.05) is 28.0 Å². The number of methoxy groups -OCH3 is 1. The van der Waals surface area contributed by atoms with Crippen molar-refractivity contribution >= 4 is 68.5 Å². The van der Waals surface area contributed by atoms with Gasteiger partial charge in [0.15, 0.2) is 11.6 Å². The van der Waals surface area contributed by atoms with E-state index in [2.05, 4.69) is 81.1 Å². The number of carbonyl (C=O) groups is 2. The summed E-state index contributed by atoms with van der Waals surface area (Å²) in [5, 5.41) is 11.7. The average molecular weight is 1080 g/mol. The third-order valence-electron chi connectivity index (χ3n) is 9.57. The molecular weight excluding hydrogens is 1030 g/mol. The predicted molar refractivity (Wildman–Crippen MR) is 292 cm³/mol. The number of nitrogen functional groups attached to an aromatic ring is 1. The lowest BCUT2D eigenvalue weighted by Crippen LogP contribution is -2.20. The van der Waals surface area contributed by atoms with Crippen LogP contribution in [-0.4, -0.2) is 84.0 Å². The monoisotopic (exact) mass is 1080 g/mol. The number of halogens is 1. The Hall–Kier alpha value is -10.1. The van der Waals surface area contributed by atoms with E-state index in [4.69, 9.17) is 15.7 Å². The molecule has 0 radical (unpaired) electrons. The fourth-order valence-corrected chi connectivity index (χ4v) is 6.36. The van der Waals surface area contributed by atoms with Crippen LogP contribution in [0.15, 0.2) is 225 Å². The molecule has 0 spiro atoms. The number of nitrogens with two attached hydrogens (primary N) is 1. The summed E-state index contributed by atoms with van der Waals surface area (Å²) >= 11 is 3.20. The van der Waals surface area contributed by atoms with Gasteiger partial charge in [0.05, 0.1) is 50.6 Å². The van der Waals surface area contributed by atoms with Crippen molar-refractivity contribution in [2.24, 2.45) is 0 Å². The number of carbonyl (C=O) groups excluding carboxylic acids is 2. The van der Waals surface area contributed by atoms with Gasteiger partial charge in [-0.3, -0.25) is 29.9 Å². The highest BCUT2D eigenvalue weighted by molar-refractivity contribution is 9.10. The average Bonchev–Trinajstić information content (AvgIpc) is 3.48. The van der Waals surface area contributed by atoms with Crippen LogP contribution in [0.1, 0.15) is 39.3 Å². The van der Waals surface area contributed by atoms with Gasteiger partial charge in [0, 0.05) is 79.9 Å². The topological polar surface area (TPSA) is 275 Å². The lowest BCUT2D eigenvalue weighted by atomic mass is 10.1. The lowest BCUT2D eigenvalue weighted by Gasteiger charge is -2.22. The first-order valence-electron chi connectivity index (χ1n) is 22.4. The molecule has 2 aromatic carbocycles. The zero-order valence-electron chi connectivity index (χ0n) is 40.1. The number of esters is 1. The molecule has 5 N–H and O–H groups in total. The molecule has 0 bridgehead atoms. The summed E-state index contributed by atoms with van der Waals surface area (Å²) in [6.07, 6.45) is 26.3. The van der Waals surface area contributed by atoms with Crippen molar-refractivity contribution in [3.05, 3.63) is 247 Å². The van der Waals surface area contributed by atoms with Crippen LogP contribution in [0.2, 0.25) is 0 Å².